The number of methoxy groups -OCH3 is 1. The zero-order valence-electron chi connectivity index (χ0n) is 15.1. The minimum Gasteiger partial charge on any atom is -0.465 e. The Hall–Kier alpha value is -3.46. The Bertz CT molecular complexity index is 1010. The largest absolute Gasteiger partial charge is 0.465 e. The third kappa shape index (κ3) is 4.44. The summed E-state index contributed by atoms with van der Waals surface area (Å²) in [6.07, 6.45) is 1.27. The number of nitrogens with one attached hydrogen (secondary N) is 1. The molecule has 3 aromatic rings. The number of carbonyl (C=O) groups is 1. The average molecular weight is 396 g/mol. The molecule has 0 unspecified atom stereocenters. The first-order valence-corrected chi connectivity index (χ1v) is 8.99. The number of nitrogens with zero attached hydrogens (tertiary/aromatic N) is 3. The first-order valence-electron chi connectivity index (χ1n) is 8.17. The van der Waals surface area contributed by atoms with Gasteiger partial charge in [0.05, 0.1) is 17.6 Å². The Morgan fingerprint density at radius 2 is 1.79 bits per heavy atom. The molecule has 28 heavy (non-hydrogen) atoms. The molecule has 0 saturated heterocycles. The minimum absolute atomic E-state index is 0.0698. The number of nitro groups is 1. The van der Waals surface area contributed by atoms with Crippen molar-refractivity contribution in [3.63, 3.8) is 0 Å². The van der Waals surface area contributed by atoms with Gasteiger partial charge in [-0.1, -0.05) is 29.5 Å². The van der Waals surface area contributed by atoms with E-state index in [-0.39, 0.29) is 16.5 Å². The maximum absolute atomic E-state index is 11.7. The Morgan fingerprint density at radius 1 is 1.11 bits per heavy atom. The summed E-state index contributed by atoms with van der Waals surface area (Å²) in [7, 11) is 1.30. The van der Waals surface area contributed by atoms with Crippen LogP contribution in [0.15, 0.2) is 64.8 Å². The summed E-state index contributed by atoms with van der Waals surface area (Å²) in [4.78, 5) is 31.6. The molecule has 0 bridgehead atoms. The monoisotopic (exact) mass is 396 g/mol. The predicted molar refractivity (Wildman–Crippen MR) is 105 cm³/mol. The Morgan fingerprint density at radius 3 is 2.39 bits per heavy atom. The zero-order valence-corrected chi connectivity index (χ0v) is 15.9. The SMILES string of the molecule is COC(=O)c1ccc(Nc2ncnc(Sc3ccc(C)cc3)c2[N+](=O)[O-])cc1. The summed E-state index contributed by atoms with van der Waals surface area (Å²) in [5.74, 6) is -0.392. The van der Waals surface area contributed by atoms with E-state index in [1.54, 1.807) is 24.3 Å². The molecule has 0 aliphatic heterocycles. The predicted octanol–water partition coefficient (Wildman–Crippen LogP) is 4.37. The quantitative estimate of drug-likeness (QED) is 0.283. The lowest BCUT2D eigenvalue weighted by atomic mass is 10.2. The lowest BCUT2D eigenvalue weighted by Crippen LogP contribution is -2.04. The van der Waals surface area contributed by atoms with Crippen LogP contribution >= 0.6 is 11.8 Å². The van der Waals surface area contributed by atoms with Crippen LogP contribution in [-0.2, 0) is 4.74 Å². The van der Waals surface area contributed by atoms with Crippen molar-refractivity contribution in [2.75, 3.05) is 12.4 Å². The summed E-state index contributed by atoms with van der Waals surface area (Å²) in [5.41, 5.74) is 1.80. The number of esters is 1. The van der Waals surface area contributed by atoms with Crippen LogP contribution in [0.3, 0.4) is 0 Å². The Labute approximate surface area is 165 Å². The first-order chi connectivity index (χ1) is 13.5. The first kappa shape index (κ1) is 19.3. The lowest BCUT2D eigenvalue weighted by molar-refractivity contribution is -0.387. The van der Waals surface area contributed by atoms with Gasteiger partial charge in [0.25, 0.3) is 0 Å². The van der Waals surface area contributed by atoms with Crippen molar-refractivity contribution < 1.29 is 14.5 Å². The Balaban J connectivity index is 1.89. The summed E-state index contributed by atoms with van der Waals surface area (Å²) >= 11 is 1.19. The highest BCUT2D eigenvalue weighted by molar-refractivity contribution is 7.99. The molecule has 1 aromatic heterocycles. The van der Waals surface area contributed by atoms with Crippen molar-refractivity contribution in [2.24, 2.45) is 0 Å². The third-order valence-electron chi connectivity index (χ3n) is 3.78. The number of hydrogen-bond donors (Lipinski definition) is 1. The van der Waals surface area contributed by atoms with Gasteiger partial charge in [-0.15, -0.1) is 0 Å². The molecular formula is C19H16N4O4S. The number of benzene rings is 2. The molecule has 0 fully saturated rings. The smallest absolute Gasteiger partial charge is 0.343 e. The number of hydrogen-bond acceptors (Lipinski definition) is 8. The van der Waals surface area contributed by atoms with E-state index in [0.29, 0.717) is 11.3 Å². The van der Waals surface area contributed by atoms with Crippen molar-refractivity contribution in [2.45, 2.75) is 16.8 Å². The number of rotatable bonds is 6. The van der Waals surface area contributed by atoms with Crippen molar-refractivity contribution in [3.8, 4) is 0 Å². The summed E-state index contributed by atoms with van der Waals surface area (Å²) in [6, 6.07) is 14.0. The molecule has 0 aliphatic rings. The molecule has 1 N–H and O–H groups in total. The maximum atomic E-state index is 11.7. The molecule has 8 nitrogen and oxygen atoms in total. The van der Waals surface area contributed by atoms with E-state index in [1.807, 2.05) is 31.2 Å². The van der Waals surface area contributed by atoms with Gasteiger partial charge < -0.3 is 10.1 Å². The van der Waals surface area contributed by atoms with Crippen LogP contribution in [0, 0.1) is 17.0 Å². The summed E-state index contributed by atoms with van der Waals surface area (Å²) in [6.45, 7) is 1.97. The van der Waals surface area contributed by atoms with Gasteiger partial charge in [-0.3, -0.25) is 10.1 Å². The molecule has 0 spiro atoms. The maximum Gasteiger partial charge on any atom is 0.343 e. The van der Waals surface area contributed by atoms with E-state index in [2.05, 4.69) is 20.0 Å². The molecule has 142 valence electrons. The van der Waals surface area contributed by atoms with Crippen LogP contribution in [0.2, 0.25) is 0 Å². The van der Waals surface area contributed by atoms with Crippen LogP contribution in [0.25, 0.3) is 0 Å². The Kier molecular flexibility index (Phi) is 5.85. The molecule has 0 atom stereocenters. The number of aromatic nitrogens is 2. The van der Waals surface area contributed by atoms with E-state index in [1.165, 1.54) is 25.2 Å². The molecule has 0 saturated carbocycles. The van der Waals surface area contributed by atoms with E-state index >= 15 is 0 Å². The number of carbonyl (C=O) groups excluding carboxylic acids is 1. The van der Waals surface area contributed by atoms with Crippen molar-refractivity contribution >= 4 is 34.9 Å². The van der Waals surface area contributed by atoms with Gasteiger partial charge >= 0.3 is 11.7 Å². The molecule has 9 heteroatoms. The second-order valence-electron chi connectivity index (χ2n) is 5.74. The molecule has 3 rings (SSSR count). The van der Waals surface area contributed by atoms with Gasteiger partial charge in [0.15, 0.2) is 5.03 Å². The fourth-order valence-corrected chi connectivity index (χ4v) is 3.22. The van der Waals surface area contributed by atoms with Crippen molar-refractivity contribution in [1.29, 1.82) is 0 Å². The van der Waals surface area contributed by atoms with Gasteiger partial charge in [0.2, 0.25) is 5.82 Å². The second kappa shape index (κ2) is 8.49. The fourth-order valence-electron chi connectivity index (χ4n) is 2.36. The van der Waals surface area contributed by atoms with E-state index < -0.39 is 10.9 Å². The zero-order chi connectivity index (χ0) is 20.1. The number of ether oxygens (including phenoxy) is 1. The van der Waals surface area contributed by atoms with Gasteiger partial charge in [-0.25, -0.2) is 14.8 Å². The normalized spacial score (nSPS) is 10.4. The van der Waals surface area contributed by atoms with Crippen LogP contribution in [0.5, 0.6) is 0 Å². The number of anilines is 2. The fraction of sp³-hybridized carbons (Fsp3) is 0.105. The average Bonchev–Trinajstić information content (AvgIpc) is 2.69. The van der Waals surface area contributed by atoms with Crippen LogP contribution in [0.4, 0.5) is 17.2 Å². The lowest BCUT2D eigenvalue weighted by Gasteiger charge is -2.09. The highest BCUT2D eigenvalue weighted by Crippen LogP contribution is 2.37. The molecule has 2 aromatic carbocycles. The molecule has 0 aliphatic carbocycles. The third-order valence-corrected chi connectivity index (χ3v) is 4.78. The topological polar surface area (TPSA) is 107 Å². The highest BCUT2D eigenvalue weighted by Gasteiger charge is 2.24. The van der Waals surface area contributed by atoms with Crippen LogP contribution < -0.4 is 5.32 Å². The molecule has 0 radical (unpaired) electrons. The van der Waals surface area contributed by atoms with Crippen molar-refractivity contribution in [1.82, 2.24) is 9.97 Å². The van der Waals surface area contributed by atoms with E-state index in [9.17, 15) is 14.9 Å². The van der Waals surface area contributed by atoms with Crippen molar-refractivity contribution in [3.05, 3.63) is 76.1 Å². The standard InChI is InChI=1S/C19H16N4O4S/c1-12-3-9-15(10-4-12)28-18-16(23(25)26)17(20-11-21-18)22-14-7-5-13(6-8-14)19(24)27-2/h3-11H,1-2H3,(H,20,21,22). The second-order valence-corrected chi connectivity index (χ2v) is 6.80. The van der Waals surface area contributed by atoms with Gasteiger partial charge in [-0.2, -0.15) is 0 Å². The van der Waals surface area contributed by atoms with Gasteiger partial charge in [0.1, 0.15) is 6.33 Å². The van der Waals surface area contributed by atoms with Crippen LogP contribution in [0.1, 0.15) is 15.9 Å². The van der Waals surface area contributed by atoms with E-state index in [4.69, 9.17) is 0 Å². The van der Waals surface area contributed by atoms with E-state index in [0.717, 1.165) is 10.5 Å². The summed E-state index contributed by atoms with van der Waals surface area (Å²) in [5, 5.41) is 14.8. The minimum atomic E-state index is -0.512. The summed E-state index contributed by atoms with van der Waals surface area (Å²) < 4.78 is 4.65. The molecule has 1 heterocycles. The molecule has 0 amide bonds. The van der Waals surface area contributed by atoms with Crippen LogP contribution in [-0.4, -0.2) is 28.0 Å². The van der Waals surface area contributed by atoms with Gasteiger partial charge in [0, 0.05) is 10.6 Å². The highest BCUT2D eigenvalue weighted by atomic mass is 32.2. The number of aryl methyl sites for hydroxylation is 1. The van der Waals surface area contributed by atoms with Gasteiger partial charge in [-0.05, 0) is 43.3 Å². The molecular weight excluding hydrogens is 380 g/mol.